The van der Waals surface area contributed by atoms with Crippen LogP contribution in [0.4, 0.5) is 4.79 Å². The molecular formula is C52H90N2O13. The molecule has 0 saturated carbocycles. The molecule has 2 rings (SSSR count). The van der Waals surface area contributed by atoms with E-state index < -0.39 is 48.7 Å². The topological polar surface area (TPSA) is 185 Å². The highest BCUT2D eigenvalue weighted by Gasteiger charge is 2.31. The lowest BCUT2D eigenvalue weighted by atomic mass is 10.1. The van der Waals surface area contributed by atoms with Gasteiger partial charge in [0, 0.05) is 50.2 Å². The Kier molecular flexibility index (Phi) is 33.8. The summed E-state index contributed by atoms with van der Waals surface area (Å²) in [5.41, 5.74) is 0. The van der Waals surface area contributed by atoms with Crippen LogP contribution >= 0.6 is 0 Å². The maximum absolute atomic E-state index is 13.7. The Morgan fingerprint density at radius 3 is 1.40 bits per heavy atom. The Hall–Kier alpha value is -3.72. The average molecular weight is 951 g/mol. The van der Waals surface area contributed by atoms with Crippen molar-refractivity contribution in [2.24, 2.45) is 17.8 Å². The van der Waals surface area contributed by atoms with Gasteiger partial charge in [0.2, 0.25) is 0 Å². The molecule has 0 aromatic heterocycles. The van der Waals surface area contributed by atoms with Crippen molar-refractivity contribution in [2.75, 3.05) is 66.3 Å². The summed E-state index contributed by atoms with van der Waals surface area (Å²) in [6.07, 6.45) is 22.4. The summed E-state index contributed by atoms with van der Waals surface area (Å²) in [7, 11) is 2.05. The van der Waals surface area contributed by atoms with Crippen molar-refractivity contribution in [1.29, 1.82) is 0 Å². The number of hydrogen-bond acceptors (Lipinski definition) is 14. The second kappa shape index (κ2) is 38.2. The van der Waals surface area contributed by atoms with Gasteiger partial charge < -0.3 is 43.3 Å². The van der Waals surface area contributed by atoms with Gasteiger partial charge in [0.05, 0.1) is 52.4 Å². The van der Waals surface area contributed by atoms with Crippen molar-refractivity contribution in [3.63, 3.8) is 0 Å². The molecule has 0 aromatic carbocycles. The largest absolute Gasteiger partial charge is 0.465 e. The van der Waals surface area contributed by atoms with Crippen LogP contribution in [0.3, 0.4) is 0 Å². The first kappa shape index (κ1) is 59.4. The molecular weight excluding hydrogens is 861 g/mol. The maximum Gasteiger partial charge on any atom is 0.410 e. The Balaban J connectivity index is 2.10. The first-order chi connectivity index (χ1) is 32.5. The number of carbonyl (C=O) groups excluding carboxylic acids is 6. The van der Waals surface area contributed by atoms with Crippen molar-refractivity contribution in [3.8, 4) is 0 Å². The minimum Gasteiger partial charge on any atom is -0.465 e. The van der Waals surface area contributed by atoms with Crippen LogP contribution in [0.5, 0.6) is 0 Å². The van der Waals surface area contributed by atoms with Gasteiger partial charge in [-0.05, 0) is 57.8 Å². The van der Waals surface area contributed by atoms with E-state index in [1.807, 2.05) is 7.05 Å². The Morgan fingerprint density at radius 1 is 0.537 bits per heavy atom. The molecule has 1 fully saturated rings. The lowest BCUT2D eigenvalue weighted by molar-refractivity contribution is -0.156. The number of nitrogens with zero attached hydrogens (tertiary/aromatic N) is 2. The number of aliphatic hydroxyl groups excluding tert-OH is 1. The zero-order chi connectivity index (χ0) is 48.9. The van der Waals surface area contributed by atoms with Crippen LogP contribution in [0.1, 0.15) is 188 Å². The molecule has 4 atom stereocenters. The van der Waals surface area contributed by atoms with Gasteiger partial charge in [0.15, 0.2) is 0 Å². The summed E-state index contributed by atoms with van der Waals surface area (Å²) in [6.45, 7) is 7.47. The van der Waals surface area contributed by atoms with Gasteiger partial charge in [0.25, 0.3) is 0 Å². The molecule has 2 unspecified atom stereocenters. The minimum atomic E-state index is -0.949. The molecule has 0 bridgehead atoms. The van der Waals surface area contributed by atoms with E-state index in [0.717, 1.165) is 129 Å². The number of ether oxygens (including phenoxy) is 6. The number of carbonyl (C=O) groups is 6. The van der Waals surface area contributed by atoms with Crippen LogP contribution in [0, 0.1) is 17.8 Å². The molecule has 0 aliphatic carbocycles. The van der Waals surface area contributed by atoms with Gasteiger partial charge in [-0.15, -0.1) is 0 Å². The highest BCUT2D eigenvalue weighted by molar-refractivity contribution is 5.73. The normalized spacial score (nSPS) is 18.1. The van der Waals surface area contributed by atoms with Gasteiger partial charge in [-0.25, -0.2) is 4.79 Å². The summed E-state index contributed by atoms with van der Waals surface area (Å²) in [5.74, 6) is -3.63. The molecule has 15 heteroatoms. The molecule has 2 heterocycles. The Bertz CT molecular complexity index is 1380. The summed E-state index contributed by atoms with van der Waals surface area (Å²) in [4.78, 5) is 81.8. The first-order valence-electron chi connectivity index (χ1n) is 26.2. The van der Waals surface area contributed by atoms with Crippen LogP contribution in [0.15, 0.2) is 12.2 Å². The summed E-state index contributed by atoms with van der Waals surface area (Å²) >= 11 is 0. The van der Waals surface area contributed by atoms with Crippen molar-refractivity contribution in [3.05, 3.63) is 12.2 Å². The third-order valence-electron chi connectivity index (χ3n) is 12.4. The average Bonchev–Trinajstić information content (AvgIpc) is 3.65. The van der Waals surface area contributed by atoms with E-state index >= 15 is 0 Å². The number of unbranched alkanes of at least 4 members (excludes halogenated alkanes) is 15. The van der Waals surface area contributed by atoms with E-state index in [0.29, 0.717) is 12.8 Å². The molecule has 1 saturated heterocycles. The fourth-order valence-electron chi connectivity index (χ4n) is 8.28. The van der Waals surface area contributed by atoms with Crippen LogP contribution in [0.25, 0.3) is 0 Å². The molecule has 386 valence electrons. The Morgan fingerprint density at radius 2 is 0.955 bits per heavy atom. The first-order valence-corrected chi connectivity index (χ1v) is 26.2. The van der Waals surface area contributed by atoms with E-state index in [2.05, 4.69) is 25.7 Å². The van der Waals surface area contributed by atoms with Gasteiger partial charge in [-0.1, -0.05) is 124 Å². The summed E-state index contributed by atoms with van der Waals surface area (Å²) in [5, 5.41) is 10.0. The molecule has 0 aromatic rings. The molecule has 2 aliphatic heterocycles. The number of hydrogen-bond donors (Lipinski definition) is 1. The van der Waals surface area contributed by atoms with Gasteiger partial charge in [-0.2, -0.15) is 0 Å². The highest BCUT2D eigenvalue weighted by Crippen LogP contribution is 2.20. The standard InChI is InChI=1S/C52H90N2O13/c1-5-8-11-14-17-20-26-47(56)62-39-43(37-55)32-50(59)66-45-29-30-46(36-54(35-45)52(61)65-38-42-25-23-24-31-53(4)34-42)67-51(60)33-44(40-63-48(57)27-21-18-15-12-9-6-2)41-64-49(58)28-22-19-16-13-10-7-3/h29-30,42-46,55H,5-28,31-41H2,1-4H3/t42?,43?,45-,46-/m0/s1. The molecule has 15 nitrogen and oxygen atoms in total. The van der Waals surface area contributed by atoms with Crippen molar-refractivity contribution >= 4 is 35.9 Å². The van der Waals surface area contributed by atoms with Crippen molar-refractivity contribution in [1.82, 2.24) is 9.80 Å². The molecule has 0 radical (unpaired) electrons. The van der Waals surface area contributed by atoms with Crippen LogP contribution < -0.4 is 0 Å². The van der Waals surface area contributed by atoms with Gasteiger partial charge >= 0.3 is 35.9 Å². The molecule has 67 heavy (non-hydrogen) atoms. The van der Waals surface area contributed by atoms with Crippen molar-refractivity contribution in [2.45, 2.75) is 200 Å². The third kappa shape index (κ3) is 30.4. The molecule has 1 amide bonds. The lowest BCUT2D eigenvalue weighted by Gasteiger charge is -2.27. The van der Waals surface area contributed by atoms with E-state index in [4.69, 9.17) is 28.4 Å². The monoisotopic (exact) mass is 951 g/mol. The maximum atomic E-state index is 13.7. The van der Waals surface area contributed by atoms with Gasteiger partial charge in [0.1, 0.15) is 12.2 Å². The fraction of sp³-hybridized carbons (Fsp3) is 0.846. The molecule has 0 spiro atoms. The van der Waals surface area contributed by atoms with E-state index in [9.17, 15) is 33.9 Å². The third-order valence-corrected chi connectivity index (χ3v) is 12.4. The number of likely N-dealkylation sites (tertiary alicyclic amines) is 1. The highest BCUT2D eigenvalue weighted by atomic mass is 16.6. The molecule has 2 aliphatic rings. The van der Waals surface area contributed by atoms with Crippen molar-refractivity contribution < 1.29 is 62.3 Å². The smallest absolute Gasteiger partial charge is 0.410 e. The fourth-order valence-corrected chi connectivity index (χ4v) is 8.28. The number of amides is 1. The van der Waals surface area contributed by atoms with Crippen LogP contribution in [-0.2, 0) is 52.4 Å². The molecule has 1 N–H and O–H groups in total. The second-order valence-electron chi connectivity index (χ2n) is 19.0. The zero-order valence-electron chi connectivity index (χ0n) is 42.0. The predicted molar refractivity (Wildman–Crippen MR) is 257 cm³/mol. The zero-order valence-corrected chi connectivity index (χ0v) is 42.0. The predicted octanol–water partition coefficient (Wildman–Crippen LogP) is 9.44. The number of aliphatic hydroxyl groups is 1. The van der Waals surface area contributed by atoms with Crippen LogP contribution in [0.2, 0.25) is 0 Å². The van der Waals surface area contributed by atoms with E-state index in [-0.39, 0.29) is 95.4 Å². The number of rotatable bonds is 36. The van der Waals surface area contributed by atoms with E-state index in [1.54, 1.807) is 12.2 Å². The quantitative estimate of drug-likeness (QED) is 0.0271. The second-order valence-corrected chi connectivity index (χ2v) is 19.0. The summed E-state index contributed by atoms with van der Waals surface area (Å²) < 4.78 is 34.1. The SMILES string of the molecule is CCCCCCCCC(=O)OCC(CO)CC(=O)O[C@H]1C=C[C@H](OC(=O)CC(COC(=O)CCCCCCCC)COC(=O)CCCCCCCC)CN(C(=O)OCC2CCCCN(C)C2)C1. The minimum absolute atomic E-state index is 0.0809. The number of esters is 5. The van der Waals surface area contributed by atoms with E-state index in [1.165, 1.54) is 11.3 Å². The Labute approximate surface area is 403 Å². The van der Waals surface area contributed by atoms with Crippen LogP contribution in [-0.4, -0.2) is 129 Å². The summed E-state index contributed by atoms with van der Waals surface area (Å²) in [6, 6.07) is 0. The lowest BCUT2D eigenvalue weighted by Crippen LogP contribution is -2.42. The van der Waals surface area contributed by atoms with Gasteiger partial charge in [-0.3, -0.25) is 24.0 Å².